The summed E-state index contributed by atoms with van der Waals surface area (Å²) in [4.78, 5) is 18.0. The molecule has 6 nitrogen and oxygen atoms in total. The molecular weight excluding hydrogens is 310 g/mol. The Labute approximate surface area is 138 Å². The molecule has 0 bridgehead atoms. The Hall–Kier alpha value is -1.99. The number of pyridine rings is 1. The van der Waals surface area contributed by atoms with E-state index in [-0.39, 0.29) is 0 Å². The largest absolute Gasteiger partial charge is 0.422 e. The van der Waals surface area contributed by atoms with E-state index in [2.05, 4.69) is 24.8 Å². The average Bonchev–Trinajstić information content (AvgIpc) is 3.13. The first-order valence-electron chi connectivity index (χ1n) is 7.88. The van der Waals surface area contributed by atoms with Crippen molar-refractivity contribution in [3.8, 4) is 0 Å². The number of aromatic nitrogens is 3. The molecule has 1 aliphatic rings. The van der Waals surface area contributed by atoms with Crippen LogP contribution in [0.4, 0.5) is 6.01 Å². The number of nitrogens with zero attached hydrogens (tertiary/aromatic N) is 5. The summed E-state index contributed by atoms with van der Waals surface area (Å²) in [6.07, 6.45) is 2.97. The Morgan fingerprint density at radius 2 is 2.13 bits per heavy atom. The van der Waals surface area contributed by atoms with Crippen molar-refractivity contribution in [1.29, 1.82) is 0 Å². The quantitative estimate of drug-likeness (QED) is 0.736. The summed E-state index contributed by atoms with van der Waals surface area (Å²) in [5, 5.41) is 3.22. The van der Waals surface area contributed by atoms with Gasteiger partial charge in [0, 0.05) is 43.4 Å². The Morgan fingerprint density at radius 3 is 3.00 bits per heavy atom. The molecule has 1 saturated heterocycles. The number of hydrogen-bond donors (Lipinski definition) is 0. The molecule has 0 spiro atoms. The number of anilines is 1. The number of thiazole rings is 1. The fraction of sp³-hybridized carbons (Fsp3) is 0.438. The monoisotopic (exact) mass is 329 g/mol. The van der Waals surface area contributed by atoms with Gasteiger partial charge in [0.15, 0.2) is 5.58 Å². The molecule has 0 atom stereocenters. The Kier molecular flexibility index (Phi) is 3.97. The van der Waals surface area contributed by atoms with E-state index < -0.39 is 0 Å². The van der Waals surface area contributed by atoms with Gasteiger partial charge in [-0.15, -0.1) is 11.3 Å². The zero-order chi connectivity index (χ0) is 15.6. The molecule has 4 heterocycles. The molecule has 1 fully saturated rings. The fourth-order valence-corrected chi connectivity index (χ4v) is 3.54. The molecule has 4 rings (SSSR count). The first kappa shape index (κ1) is 14.6. The Morgan fingerprint density at radius 1 is 1.17 bits per heavy atom. The molecule has 0 aromatic carbocycles. The van der Waals surface area contributed by atoms with Crippen molar-refractivity contribution in [2.45, 2.75) is 19.9 Å². The summed E-state index contributed by atoms with van der Waals surface area (Å²) in [6.45, 7) is 6.84. The molecule has 120 valence electrons. The zero-order valence-corrected chi connectivity index (χ0v) is 13.9. The lowest BCUT2D eigenvalue weighted by molar-refractivity contribution is 0.285. The van der Waals surface area contributed by atoms with Gasteiger partial charge in [-0.05, 0) is 25.5 Å². The smallest absolute Gasteiger partial charge is 0.299 e. The predicted molar refractivity (Wildman–Crippen MR) is 90.8 cm³/mol. The molecule has 0 unspecified atom stereocenters. The number of fused-ring (bicyclic) bond motifs is 1. The maximum Gasteiger partial charge on any atom is 0.299 e. The number of rotatable bonds is 3. The van der Waals surface area contributed by atoms with Crippen LogP contribution in [0.1, 0.15) is 17.1 Å². The second-order valence-corrected chi connectivity index (χ2v) is 6.79. The van der Waals surface area contributed by atoms with E-state index in [1.807, 2.05) is 30.6 Å². The van der Waals surface area contributed by atoms with Crippen molar-refractivity contribution >= 4 is 28.6 Å². The van der Waals surface area contributed by atoms with E-state index in [1.54, 1.807) is 11.3 Å². The zero-order valence-electron chi connectivity index (χ0n) is 13.1. The van der Waals surface area contributed by atoms with E-state index in [9.17, 15) is 0 Å². The molecule has 0 aliphatic carbocycles. The van der Waals surface area contributed by atoms with Crippen LogP contribution in [0.2, 0.25) is 0 Å². The van der Waals surface area contributed by atoms with Gasteiger partial charge in [0.1, 0.15) is 5.01 Å². The van der Waals surface area contributed by atoms with Crippen molar-refractivity contribution in [3.63, 3.8) is 0 Å². The predicted octanol–water partition coefficient (Wildman–Crippen LogP) is 2.70. The van der Waals surface area contributed by atoms with Gasteiger partial charge in [-0.25, -0.2) is 9.97 Å². The first-order valence-corrected chi connectivity index (χ1v) is 8.76. The molecule has 23 heavy (non-hydrogen) atoms. The van der Waals surface area contributed by atoms with Crippen LogP contribution in [0.5, 0.6) is 0 Å². The highest BCUT2D eigenvalue weighted by Gasteiger charge is 2.20. The molecule has 3 aromatic rings. The summed E-state index contributed by atoms with van der Waals surface area (Å²) in [5.41, 5.74) is 2.42. The van der Waals surface area contributed by atoms with Crippen LogP contribution in [0, 0.1) is 6.92 Å². The van der Waals surface area contributed by atoms with Crippen molar-refractivity contribution in [2.24, 2.45) is 0 Å². The maximum absolute atomic E-state index is 5.88. The van der Waals surface area contributed by atoms with Gasteiger partial charge in [0.05, 0.1) is 6.54 Å². The lowest BCUT2D eigenvalue weighted by Crippen LogP contribution is -2.30. The molecule has 0 amide bonds. The average molecular weight is 329 g/mol. The van der Waals surface area contributed by atoms with E-state index in [4.69, 9.17) is 4.42 Å². The minimum atomic E-state index is 0.689. The number of aryl methyl sites for hydroxylation is 1. The normalized spacial score (nSPS) is 16.8. The lowest BCUT2D eigenvalue weighted by atomic mass is 10.4. The molecule has 1 aliphatic heterocycles. The van der Waals surface area contributed by atoms with Gasteiger partial charge in [-0.3, -0.25) is 4.90 Å². The summed E-state index contributed by atoms with van der Waals surface area (Å²) in [7, 11) is 0. The van der Waals surface area contributed by atoms with Gasteiger partial charge < -0.3 is 9.32 Å². The summed E-state index contributed by atoms with van der Waals surface area (Å²) in [6, 6.07) is 4.59. The van der Waals surface area contributed by atoms with E-state index in [1.165, 1.54) is 5.01 Å². The van der Waals surface area contributed by atoms with Crippen LogP contribution in [-0.4, -0.2) is 46.0 Å². The minimum absolute atomic E-state index is 0.689. The van der Waals surface area contributed by atoms with Crippen LogP contribution in [0.25, 0.3) is 11.2 Å². The second-order valence-electron chi connectivity index (χ2n) is 5.81. The van der Waals surface area contributed by atoms with Gasteiger partial charge >= 0.3 is 0 Å². The highest BCUT2D eigenvalue weighted by Crippen LogP contribution is 2.22. The van der Waals surface area contributed by atoms with Crippen molar-refractivity contribution in [3.05, 3.63) is 34.4 Å². The minimum Gasteiger partial charge on any atom is -0.422 e. The Balaban J connectivity index is 1.47. The van der Waals surface area contributed by atoms with E-state index in [0.717, 1.165) is 50.4 Å². The lowest BCUT2D eigenvalue weighted by Gasteiger charge is -2.19. The van der Waals surface area contributed by atoms with Crippen molar-refractivity contribution in [1.82, 2.24) is 19.9 Å². The Bertz CT molecular complexity index is 785. The SMILES string of the molecule is Cc1ccc2oc(N3CCCN(Cc4nccs4)CC3)nc2n1. The maximum atomic E-state index is 5.88. The van der Waals surface area contributed by atoms with Crippen LogP contribution < -0.4 is 4.90 Å². The fourth-order valence-electron chi connectivity index (χ4n) is 2.88. The van der Waals surface area contributed by atoms with Crippen LogP contribution in [0.15, 0.2) is 28.1 Å². The first-order chi connectivity index (χ1) is 11.3. The highest BCUT2D eigenvalue weighted by atomic mass is 32.1. The van der Waals surface area contributed by atoms with E-state index >= 15 is 0 Å². The van der Waals surface area contributed by atoms with Crippen LogP contribution in [0.3, 0.4) is 0 Å². The van der Waals surface area contributed by atoms with Gasteiger partial charge in [0.25, 0.3) is 6.01 Å². The molecule has 3 aromatic heterocycles. The molecular formula is C16H19N5OS. The molecule has 0 radical (unpaired) electrons. The van der Waals surface area contributed by atoms with Gasteiger partial charge in [-0.2, -0.15) is 4.98 Å². The highest BCUT2D eigenvalue weighted by molar-refractivity contribution is 7.09. The summed E-state index contributed by atoms with van der Waals surface area (Å²) in [5.74, 6) is 0. The van der Waals surface area contributed by atoms with Gasteiger partial charge in [-0.1, -0.05) is 0 Å². The second kappa shape index (κ2) is 6.25. The van der Waals surface area contributed by atoms with Crippen molar-refractivity contribution in [2.75, 3.05) is 31.1 Å². The van der Waals surface area contributed by atoms with Crippen LogP contribution >= 0.6 is 11.3 Å². The third kappa shape index (κ3) is 3.20. The number of hydrogen-bond acceptors (Lipinski definition) is 7. The standard InChI is InChI=1S/C16H19N5OS/c1-12-3-4-13-15(18-12)19-16(22-13)21-7-2-6-20(8-9-21)11-14-17-5-10-23-14/h3-5,10H,2,6-9,11H2,1H3. The third-order valence-corrected chi connectivity index (χ3v) is 4.85. The summed E-state index contributed by atoms with van der Waals surface area (Å²) >= 11 is 1.72. The van der Waals surface area contributed by atoms with Crippen molar-refractivity contribution < 1.29 is 4.42 Å². The molecule has 0 saturated carbocycles. The number of oxazole rings is 1. The summed E-state index contributed by atoms with van der Waals surface area (Å²) < 4.78 is 5.88. The molecule has 7 heteroatoms. The molecule has 0 N–H and O–H groups in total. The van der Waals surface area contributed by atoms with E-state index in [0.29, 0.717) is 11.7 Å². The third-order valence-electron chi connectivity index (χ3n) is 4.08. The topological polar surface area (TPSA) is 58.3 Å². The van der Waals surface area contributed by atoms with Gasteiger partial charge in [0.2, 0.25) is 5.65 Å². The van der Waals surface area contributed by atoms with Crippen LogP contribution in [-0.2, 0) is 6.54 Å².